The number of ether oxygens (including phenoxy) is 1. The minimum absolute atomic E-state index is 0.00123. The molecule has 0 saturated carbocycles. The zero-order valence-corrected chi connectivity index (χ0v) is 17.9. The first kappa shape index (κ1) is 19.0. The summed E-state index contributed by atoms with van der Waals surface area (Å²) in [6.45, 7) is 3.04. The number of anilines is 2. The highest BCUT2D eigenvalue weighted by molar-refractivity contribution is 6.20. The van der Waals surface area contributed by atoms with Crippen molar-refractivity contribution in [1.82, 2.24) is 9.88 Å². The van der Waals surface area contributed by atoms with Gasteiger partial charge in [-0.1, -0.05) is 30.3 Å². The number of hydrogen-bond acceptors (Lipinski definition) is 5. The molecule has 32 heavy (non-hydrogen) atoms. The number of carbonyl (C=O) groups is 1. The molecule has 0 aliphatic carbocycles. The topological polar surface area (TPSA) is 45.7 Å². The summed E-state index contributed by atoms with van der Waals surface area (Å²) in [5.41, 5.74) is 6.00. The molecule has 3 heterocycles. The summed E-state index contributed by atoms with van der Waals surface area (Å²) >= 11 is 0. The van der Waals surface area contributed by atoms with Crippen LogP contribution in [0.15, 0.2) is 72.9 Å². The van der Waals surface area contributed by atoms with Crippen molar-refractivity contribution in [3.8, 4) is 11.3 Å². The van der Waals surface area contributed by atoms with Gasteiger partial charge >= 0.3 is 0 Å². The molecule has 0 atom stereocenters. The Morgan fingerprint density at radius 1 is 0.969 bits per heavy atom. The molecule has 2 aliphatic rings. The fourth-order valence-corrected chi connectivity index (χ4v) is 4.76. The molecule has 0 radical (unpaired) electrons. The van der Waals surface area contributed by atoms with E-state index in [1.165, 1.54) is 0 Å². The lowest BCUT2D eigenvalue weighted by molar-refractivity contribution is 0.0591. The maximum absolute atomic E-state index is 12.9. The summed E-state index contributed by atoms with van der Waals surface area (Å²) in [5, 5.41) is 3.26. The van der Waals surface area contributed by atoms with E-state index in [1.54, 1.807) is 6.08 Å². The minimum atomic E-state index is 0.00123. The maximum atomic E-state index is 12.9. The Kier molecular flexibility index (Phi) is 4.44. The fourth-order valence-electron chi connectivity index (χ4n) is 4.76. The lowest BCUT2D eigenvalue weighted by atomic mass is 9.93. The van der Waals surface area contributed by atoms with E-state index < -0.39 is 0 Å². The Hall–Kier alpha value is -3.70. The van der Waals surface area contributed by atoms with E-state index in [0.717, 1.165) is 57.4 Å². The first-order valence-corrected chi connectivity index (χ1v) is 10.9. The van der Waals surface area contributed by atoms with Gasteiger partial charge in [0.1, 0.15) is 0 Å². The van der Waals surface area contributed by atoms with Gasteiger partial charge in [0.25, 0.3) is 0 Å². The van der Waals surface area contributed by atoms with Gasteiger partial charge in [0.05, 0.1) is 35.8 Å². The van der Waals surface area contributed by atoms with Gasteiger partial charge < -0.3 is 14.5 Å². The molecule has 1 fully saturated rings. The van der Waals surface area contributed by atoms with Gasteiger partial charge in [-0.05, 0) is 35.7 Å². The van der Waals surface area contributed by atoms with Crippen LogP contribution in [0.5, 0.6) is 0 Å². The van der Waals surface area contributed by atoms with Crippen LogP contribution in [0.2, 0.25) is 0 Å². The number of hydrogen-bond donors (Lipinski definition) is 0. The van der Waals surface area contributed by atoms with E-state index in [4.69, 9.17) is 9.72 Å². The molecule has 2 aliphatic heterocycles. The third-order valence-electron chi connectivity index (χ3n) is 6.45. The molecule has 3 aromatic carbocycles. The van der Waals surface area contributed by atoms with Crippen molar-refractivity contribution in [3.05, 3.63) is 78.5 Å². The van der Waals surface area contributed by atoms with Gasteiger partial charge in [-0.2, -0.15) is 0 Å². The predicted octanol–water partition coefficient (Wildman–Crippen LogP) is 5.16. The Morgan fingerprint density at radius 2 is 1.78 bits per heavy atom. The number of morpholine rings is 1. The number of ketones is 1. The summed E-state index contributed by atoms with van der Waals surface area (Å²) in [5.74, 6) is 0.00123. The summed E-state index contributed by atoms with van der Waals surface area (Å²) in [7, 11) is 2.09. The number of rotatable bonds is 3. The van der Waals surface area contributed by atoms with Crippen molar-refractivity contribution in [1.29, 1.82) is 0 Å². The van der Waals surface area contributed by atoms with Gasteiger partial charge in [0.2, 0.25) is 0 Å². The highest BCUT2D eigenvalue weighted by atomic mass is 16.5. The van der Waals surface area contributed by atoms with Gasteiger partial charge in [-0.25, -0.2) is 4.98 Å². The number of pyridine rings is 1. The molecule has 5 nitrogen and oxygen atoms in total. The fraction of sp³-hybridized carbons (Fsp3) is 0.185. The largest absolute Gasteiger partial charge is 0.378 e. The number of fused-ring (bicyclic) bond motifs is 4. The Labute approximate surface area is 186 Å². The molecule has 1 saturated heterocycles. The normalized spacial score (nSPS) is 15.5. The lowest BCUT2D eigenvalue weighted by Crippen LogP contribution is -2.32. The van der Waals surface area contributed by atoms with E-state index >= 15 is 0 Å². The van der Waals surface area contributed by atoms with Crippen molar-refractivity contribution < 1.29 is 9.53 Å². The van der Waals surface area contributed by atoms with Crippen LogP contribution < -0.4 is 4.90 Å². The SMILES string of the molecule is CN1c2ccccc2-c2nc3ccc(C(=O)C=CN4CCOCC4)cc3c3cccc1c23. The van der Waals surface area contributed by atoms with Crippen LogP contribution in [-0.4, -0.2) is 49.0 Å². The van der Waals surface area contributed by atoms with Crippen LogP contribution >= 0.6 is 0 Å². The van der Waals surface area contributed by atoms with Crippen molar-refractivity contribution in [2.45, 2.75) is 0 Å². The third-order valence-corrected chi connectivity index (χ3v) is 6.45. The highest BCUT2D eigenvalue weighted by Gasteiger charge is 2.24. The maximum Gasteiger partial charge on any atom is 0.187 e. The van der Waals surface area contributed by atoms with E-state index in [0.29, 0.717) is 18.8 Å². The van der Waals surface area contributed by atoms with Crippen LogP contribution in [0.4, 0.5) is 11.4 Å². The number of carbonyl (C=O) groups excluding carboxylic acids is 1. The summed E-state index contributed by atoms with van der Waals surface area (Å²) in [6.07, 6.45) is 3.55. The highest BCUT2D eigenvalue weighted by Crippen LogP contribution is 2.47. The molecule has 0 N–H and O–H groups in total. The van der Waals surface area contributed by atoms with Gasteiger partial charge in [0.15, 0.2) is 5.78 Å². The van der Waals surface area contributed by atoms with E-state index in [-0.39, 0.29) is 5.78 Å². The van der Waals surface area contributed by atoms with E-state index in [9.17, 15) is 4.79 Å². The molecule has 158 valence electrons. The van der Waals surface area contributed by atoms with E-state index in [2.05, 4.69) is 59.3 Å². The second-order valence-corrected chi connectivity index (χ2v) is 8.30. The summed E-state index contributed by atoms with van der Waals surface area (Å²) in [4.78, 5) is 22.3. The molecule has 0 unspecified atom stereocenters. The van der Waals surface area contributed by atoms with Crippen LogP contribution in [0.25, 0.3) is 32.9 Å². The quantitative estimate of drug-likeness (QED) is 0.260. The smallest absolute Gasteiger partial charge is 0.187 e. The molecule has 5 heteroatoms. The van der Waals surface area contributed by atoms with Gasteiger partial charge in [-0.15, -0.1) is 0 Å². The number of aromatic nitrogens is 1. The second-order valence-electron chi connectivity index (χ2n) is 8.30. The first-order valence-electron chi connectivity index (χ1n) is 10.9. The predicted molar refractivity (Wildman–Crippen MR) is 129 cm³/mol. The summed E-state index contributed by atoms with van der Waals surface area (Å²) in [6, 6.07) is 20.6. The number of benzene rings is 3. The number of para-hydroxylation sites is 1. The summed E-state index contributed by atoms with van der Waals surface area (Å²) < 4.78 is 5.37. The Balaban J connectivity index is 1.49. The van der Waals surface area contributed by atoms with Crippen molar-refractivity contribution in [2.24, 2.45) is 0 Å². The first-order chi connectivity index (χ1) is 15.7. The standard InChI is InChI=1S/C27H23N3O2/c1-29-23-7-3-2-5-20(23)27-26-19(6-4-8-24(26)29)21-17-18(9-10-22(21)28-27)25(31)11-12-30-13-15-32-16-14-30/h2-12,17H,13-16H2,1H3. The zero-order chi connectivity index (χ0) is 21.7. The second kappa shape index (κ2) is 7.46. The molecular weight excluding hydrogens is 398 g/mol. The van der Waals surface area contributed by atoms with Crippen LogP contribution in [0.3, 0.4) is 0 Å². The number of allylic oxidation sites excluding steroid dienone is 1. The molecule has 4 aromatic rings. The average Bonchev–Trinajstić information content (AvgIpc) is 2.86. The molecule has 1 aromatic heterocycles. The Morgan fingerprint density at radius 3 is 2.66 bits per heavy atom. The minimum Gasteiger partial charge on any atom is -0.378 e. The zero-order valence-electron chi connectivity index (χ0n) is 17.9. The van der Waals surface area contributed by atoms with Crippen LogP contribution in [-0.2, 0) is 4.74 Å². The van der Waals surface area contributed by atoms with Crippen LogP contribution in [0, 0.1) is 0 Å². The lowest BCUT2D eigenvalue weighted by Gasteiger charge is -2.30. The van der Waals surface area contributed by atoms with Crippen molar-refractivity contribution in [3.63, 3.8) is 0 Å². The Bertz CT molecular complexity index is 1400. The average molecular weight is 422 g/mol. The van der Waals surface area contributed by atoms with E-state index in [1.807, 2.05) is 24.4 Å². The molecule has 0 amide bonds. The molecule has 0 bridgehead atoms. The van der Waals surface area contributed by atoms with Gasteiger partial charge in [0, 0.05) is 54.3 Å². The van der Waals surface area contributed by atoms with Crippen molar-refractivity contribution in [2.75, 3.05) is 38.3 Å². The van der Waals surface area contributed by atoms with Crippen molar-refractivity contribution >= 4 is 38.8 Å². The monoisotopic (exact) mass is 421 g/mol. The molecular formula is C27H23N3O2. The van der Waals surface area contributed by atoms with Crippen LogP contribution in [0.1, 0.15) is 10.4 Å². The number of nitrogens with zero attached hydrogens (tertiary/aromatic N) is 3. The third kappa shape index (κ3) is 2.97. The molecule has 6 rings (SSSR count). The van der Waals surface area contributed by atoms with Gasteiger partial charge in [-0.3, -0.25) is 4.79 Å². The molecule has 0 spiro atoms.